The second kappa shape index (κ2) is 20.5. The number of carbonyl (C=O) groups is 2. The normalized spacial score (nSPS) is 45.7. The van der Waals surface area contributed by atoms with Crippen LogP contribution in [0, 0.1) is 98.6 Å². The number of carbonyl (C=O) groups excluding carboxylic acids is 2. The van der Waals surface area contributed by atoms with Gasteiger partial charge in [-0.25, -0.2) is 4.79 Å². The van der Waals surface area contributed by atoms with Crippen LogP contribution in [0.15, 0.2) is 78.4 Å². The molecule has 9 nitrogen and oxygen atoms in total. The van der Waals surface area contributed by atoms with Gasteiger partial charge in [0.05, 0.1) is 29.3 Å². The number of ether oxygens (including phenoxy) is 1. The number of hydrogen-bond acceptors (Lipinski definition) is 9. The predicted octanol–water partition coefficient (Wildman–Crippen LogP) is 11.7. The zero-order valence-electron chi connectivity index (χ0n) is 50.5. The lowest BCUT2D eigenvalue weighted by atomic mass is 9.33. The Hall–Kier alpha value is -4.14. The van der Waals surface area contributed by atoms with Gasteiger partial charge in [0.25, 0.3) is 0 Å². The molecule has 9 saturated carbocycles. The smallest absolute Gasteiger partial charge is 0.331 e. The number of hydrogen-bond donors (Lipinski definition) is 6. The molecule has 3 spiro atoms. The maximum Gasteiger partial charge on any atom is 0.331 e. The van der Waals surface area contributed by atoms with Crippen LogP contribution in [0.5, 0.6) is 0 Å². The highest BCUT2D eigenvalue weighted by atomic mass is 16.5. The van der Waals surface area contributed by atoms with Crippen LogP contribution in [0.3, 0.4) is 0 Å². The number of rotatable bonds is 6. The molecule has 21 atom stereocenters. The van der Waals surface area contributed by atoms with Crippen LogP contribution in [0.2, 0.25) is 0 Å². The number of aliphatic hydroxyl groups is 5. The van der Waals surface area contributed by atoms with E-state index in [-0.39, 0.29) is 60.5 Å². The number of nitrogens with one attached hydrogen (secondary N) is 1. The topological polar surface area (TPSA) is 157 Å². The molecule has 17 rings (SSSR count). The summed E-state index contributed by atoms with van der Waals surface area (Å²) in [6.45, 7) is 4.62. The van der Waals surface area contributed by atoms with Gasteiger partial charge < -0.3 is 40.4 Å². The Bertz CT molecular complexity index is 3190. The summed E-state index contributed by atoms with van der Waals surface area (Å²) in [4.78, 5) is 29.8. The lowest BCUT2D eigenvalue weighted by molar-refractivity contribution is -0.356. The second-order valence-electron chi connectivity index (χ2n) is 31.1. The maximum absolute atomic E-state index is 15.5. The van der Waals surface area contributed by atoms with Crippen molar-refractivity contribution in [2.45, 2.75) is 222 Å². The van der Waals surface area contributed by atoms with E-state index in [0.717, 1.165) is 99.2 Å². The van der Waals surface area contributed by atoms with Crippen molar-refractivity contribution >= 4 is 12.3 Å². The first kappa shape index (κ1) is 56.4. The summed E-state index contributed by atoms with van der Waals surface area (Å²) in [7, 11) is 1.98. The van der Waals surface area contributed by atoms with Gasteiger partial charge in [-0.05, 0) is 240 Å². The van der Waals surface area contributed by atoms with Crippen LogP contribution in [0.4, 0.5) is 0 Å². The minimum absolute atomic E-state index is 0.118. The second-order valence-corrected chi connectivity index (χ2v) is 31.1. The Labute approximate surface area is 500 Å². The summed E-state index contributed by atoms with van der Waals surface area (Å²) in [5.74, 6) is 7.29. The van der Waals surface area contributed by atoms with Crippen molar-refractivity contribution in [2.75, 3.05) is 7.05 Å². The number of aryl methyl sites for hydroxylation is 1. The van der Waals surface area contributed by atoms with E-state index in [1.54, 1.807) is 6.08 Å². The molecule has 448 valence electrons. The predicted molar refractivity (Wildman–Crippen MR) is 324 cm³/mol. The SMILES string of the molecule is CCC1c2cccc(c2)CCC2CCC3(C2)CC2(C=O)C4CCC56CC7(C#Cc8cccc(CO)c8CC(NC)C8CC(CC5(O)C4(O)CC4CC(C(C)C5CCCC5)CCC(C3O)C42O)C6C2=CC(=O)OC28)CCC(Cc2cccc1c2)C7. The molecule has 3 aromatic rings. The Morgan fingerprint density at radius 3 is 2.36 bits per heavy atom. The number of fused-ring (bicyclic) bond motifs is 3. The van der Waals surface area contributed by atoms with Gasteiger partial charge in [0, 0.05) is 52.2 Å². The standard InChI is InChI=1S/C75H95NO8/c1-4-58-53-15-7-10-46(31-53)18-19-47-23-28-70(38-47)43-72(44-78)64-25-29-71-42-69(26-22-49(37-69)30-48-11-8-16-54(58)32-48)27-24-51-14-9-17-55(41-77)59(51)35-63(76-3)60-34-56(66(71)61-36-65(79)84-67(60)61)39-74(71,82)73(64,81)40-57-33-52(45(2)50-12-5-6-13-50)20-21-62(68(70)80)75(57,72)83/h7-11,14-17,31-32,36,44-45,47,49-50,52,56-58,60,62-64,66-68,76-77,80-83H,4-6,12-13,18-23,25-26,28-30,33-35,37-43H2,1-3H3. The summed E-state index contributed by atoms with van der Waals surface area (Å²) in [6, 6.07) is 24.6. The third kappa shape index (κ3) is 8.06. The van der Waals surface area contributed by atoms with E-state index in [9.17, 15) is 20.1 Å². The maximum atomic E-state index is 15.5. The molecule has 1 aliphatic heterocycles. The van der Waals surface area contributed by atoms with Crippen molar-refractivity contribution in [2.24, 2.45) is 86.8 Å². The number of benzene rings is 3. The monoisotopic (exact) mass is 1140 g/mol. The van der Waals surface area contributed by atoms with Gasteiger partial charge in [-0.15, -0.1) is 0 Å². The molecule has 6 N–H and O–H groups in total. The molecule has 0 amide bonds. The molecule has 14 aliphatic rings. The zero-order chi connectivity index (χ0) is 57.8. The van der Waals surface area contributed by atoms with E-state index >= 15 is 15.0 Å². The molecule has 15 bridgehead atoms. The van der Waals surface area contributed by atoms with Crippen LogP contribution in [-0.2, 0) is 40.2 Å². The molecule has 0 saturated heterocycles. The van der Waals surface area contributed by atoms with Crippen LogP contribution in [0.1, 0.15) is 200 Å². The molecular weight excluding hydrogens is 1040 g/mol. The highest BCUT2D eigenvalue weighted by Crippen LogP contribution is 2.80. The van der Waals surface area contributed by atoms with Crippen LogP contribution < -0.4 is 5.32 Å². The quantitative estimate of drug-likeness (QED) is 0.0803. The molecule has 84 heavy (non-hydrogen) atoms. The number of likely N-dealkylation sites (N-methyl/N-ethyl adjacent to an activating group) is 1. The molecule has 0 radical (unpaired) electrons. The van der Waals surface area contributed by atoms with Gasteiger partial charge in [-0.3, -0.25) is 0 Å². The van der Waals surface area contributed by atoms with Crippen molar-refractivity contribution in [1.82, 2.24) is 5.32 Å². The minimum atomic E-state index is -1.79. The Balaban J connectivity index is 0.952. The van der Waals surface area contributed by atoms with Gasteiger partial charge in [0.2, 0.25) is 0 Å². The van der Waals surface area contributed by atoms with Gasteiger partial charge in [-0.1, -0.05) is 112 Å². The number of aliphatic hydroxyl groups excluding tert-OH is 2. The van der Waals surface area contributed by atoms with E-state index in [0.29, 0.717) is 75.5 Å². The average molecular weight is 1140 g/mol. The third-order valence-corrected chi connectivity index (χ3v) is 27.9. The molecular formula is C75H95NO8. The molecule has 1 heterocycles. The molecule has 9 fully saturated rings. The summed E-state index contributed by atoms with van der Waals surface area (Å²) < 4.78 is 6.59. The van der Waals surface area contributed by atoms with Crippen molar-refractivity contribution in [1.29, 1.82) is 0 Å². The Morgan fingerprint density at radius 2 is 1.58 bits per heavy atom. The van der Waals surface area contributed by atoms with Crippen LogP contribution in [-0.4, -0.2) is 79.9 Å². The summed E-state index contributed by atoms with van der Waals surface area (Å²) in [5.41, 5.74) is 0.323. The Kier molecular flexibility index (Phi) is 13.7. The average Bonchev–Trinajstić information content (AvgIpc) is 1.19. The number of esters is 1. The largest absolute Gasteiger partial charge is 0.454 e. The van der Waals surface area contributed by atoms with Crippen molar-refractivity contribution < 1.29 is 39.9 Å². The fraction of sp³-hybridized carbons (Fsp3) is 0.680. The lowest BCUT2D eigenvalue weighted by Crippen LogP contribution is -2.82. The van der Waals surface area contributed by atoms with Crippen LogP contribution >= 0.6 is 0 Å². The first-order chi connectivity index (χ1) is 40.6. The summed E-state index contributed by atoms with van der Waals surface area (Å²) in [6.07, 6.45) is 21.0. The van der Waals surface area contributed by atoms with Crippen LogP contribution in [0.25, 0.3) is 0 Å². The molecule has 21 unspecified atom stereocenters. The summed E-state index contributed by atoms with van der Waals surface area (Å²) >= 11 is 0. The third-order valence-electron chi connectivity index (χ3n) is 27.9. The lowest BCUT2D eigenvalue weighted by Gasteiger charge is -2.74. The van der Waals surface area contributed by atoms with Crippen molar-refractivity contribution in [3.8, 4) is 11.8 Å². The van der Waals surface area contributed by atoms with Gasteiger partial charge in [0.15, 0.2) is 0 Å². The van der Waals surface area contributed by atoms with Crippen molar-refractivity contribution in [3.05, 3.63) is 117 Å². The highest BCUT2D eigenvalue weighted by molar-refractivity contribution is 5.86. The first-order valence-electron chi connectivity index (χ1n) is 33.9. The zero-order valence-corrected chi connectivity index (χ0v) is 50.5. The van der Waals surface area contributed by atoms with E-state index < -0.39 is 68.4 Å². The van der Waals surface area contributed by atoms with E-state index in [1.807, 2.05) is 19.2 Å². The van der Waals surface area contributed by atoms with Gasteiger partial charge in [-0.2, -0.15) is 0 Å². The first-order valence-corrected chi connectivity index (χ1v) is 33.9. The fourth-order valence-electron chi connectivity index (χ4n) is 24.5. The molecule has 13 aliphatic carbocycles. The highest BCUT2D eigenvalue weighted by Gasteiger charge is 2.85. The van der Waals surface area contributed by atoms with E-state index in [1.165, 1.54) is 47.9 Å². The molecule has 3 aromatic carbocycles. The molecule has 0 aromatic heterocycles. The molecule has 9 heteroatoms. The minimum Gasteiger partial charge on any atom is -0.454 e. The Morgan fingerprint density at radius 1 is 0.810 bits per heavy atom. The fourth-order valence-corrected chi connectivity index (χ4v) is 24.5. The van der Waals surface area contributed by atoms with Crippen molar-refractivity contribution in [3.63, 3.8) is 0 Å². The van der Waals surface area contributed by atoms with Gasteiger partial charge >= 0.3 is 5.97 Å². The van der Waals surface area contributed by atoms with E-state index in [2.05, 4.69) is 85.6 Å². The van der Waals surface area contributed by atoms with E-state index in [4.69, 9.17) is 4.74 Å². The number of aldehydes is 1. The summed E-state index contributed by atoms with van der Waals surface area (Å²) in [5, 5.41) is 73.6. The van der Waals surface area contributed by atoms with Gasteiger partial charge in [0.1, 0.15) is 18.0 Å².